The molecule has 4 rings (SSSR count). The molecule has 3 aromatic rings. The molecule has 2 heterocycles. The van der Waals surface area contributed by atoms with Gasteiger partial charge in [0.1, 0.15) is 5.75 Å². The SMILES string of the molecule is CC[C@H](CC(C)C)NC(=O)[C@H]1CN(Cc2ccc(-n3cccn3)cc2)c2ccccc2O1. The molecule has 1 aliphatic rings. The molecule has 0 spiro atoms. The van der Waals surface area contributed by atoms with Crippen molar-refractivity contribution in [2.24, 2.45) is 5.92 Å². The fourth-order valence-corrected chi connectivity index (χ4v) is 4.18. The maximum Gasteiger partial charge on any atom is 0.263 e. The maximum absolute atomic E-state index is 13.1. The Hall–Kier alpha value is -3.28. The van der Waals surface area contributed by atoms with Crippen LogP contribution in [0.2, 0.25) is 0 Å². The first-order valence-corrected chi connectivity index (χ1v) is 11.4. The Morgan fingerprint density at radius 1 is 1.16 bits per heavy atom. The third-order valence-electron chi connectivity index (χ3n) is 5.83. The number of nitrogens with zero attached hydrogens (tertiary/aromatic N) is 3. The summed E-state index contributed by atoms with van der Waals surface area (Å²) in [6, 6.07) is 18.4. The van der Waals surface area contributed by atoms with E-state index in [-0.39, 0.29) is 11.9 Å². The molecule has 6 heteroatoms. The van der Waals surface area contributed by atoms with Crippen LogP contribution in [0, 0.1) is 5.92 Å². The van der Waals surface area contributed by atoms with Crippen LogP contribution < -0.4 is 15.0 Å². The Bertz CT molecular complexity index is 1010. The lowest BCUT2D eigenvalue weighted by atomic mass is 10.0. The van der Waals surface area contributed by atoms with E-state index in [1.54, 1.807) is 6.20 Å². The largest absolute Gasteiger partial charge is 0.477 e. The number of fused-ring (bicyclic) bond motifs is 1. The summed E-state index contributed by atoms with van der Waals surface area (Å²) in [4.78, 5) is 15.3. The van der Waals surface area contributed by atoms with E-state index in [0.717, 1.165) is 30.0 Å². The highest BCUT2D eigenvalue weighted by Crippen LogP contribution is 2.34. The van der Waals surface area contributed by atoms with Gasteiger partial charge >= 0.3 is 0 Å². The van der Waals surface area contributed by atoms with Crippen molar-refractivity contribution < 1.29 is 9.53 Å². The number of carbonyl (C=O) groups excluding carboxylic acids is 1. The Labute approximate surface area is 190 Å². The number of hydrogen-bond acceptors (Lipinski definition) is 4. The molecule has 0 unspecified atom stereocenters. The highest BCUT2D eigenvalue weighted by atomic mass is 16.5. The summed E-state index contributed by atoms with van der Waals surface area (Å²) < 4.78 is 7.96. The van der Waals surface area contributed by atoms with Crippen molar-refractivity contribution in [2.75, 3.05) is 11.4 Å². The average molecular weight is 433 g/mol. The average Bonchev–Trinajstić information content (AvgIpc) is 3.33. The standard InChI is InChI=1S/C26H32N4O2/c1-4-21(16-19(2)3)28-26(31)25-18-29(23-8-5-6-9-24(23)32-25)17-20-10-12-22(13-11-20)30-15-7-14-27-30/h5-15,19,21,25H,4,16-18H2,1-3H3,(H,28,31)/t21-,25-/m1/s1. The van der Waals surface area contributed by atoms with Crippen LogP contribution in [-0.2, 0) is 11.3 Å². The number of amides is 1. The molecule has 1 aliphatic heterocycles. The fraction of sp³-hybridized carbons (Fsp3) is 0.385. The molecule has 0 saturated heterocycles. The zero-order chi connectivity index (χ0) is 22.5. The van der Waals surface area contributed by atoms with Gasteiger partial charge in [0, 0.05) is 25.0 Å². The predicted octanol–water partition coefficient (Wildman–Crippen LogP) is 4.58. The third-order valence-corrected chi connectivity index (χ3v) is 5.83. The van der Waals surface area contributed by atoms with Crippen molar-refractivity contribution in [3.63, 3.8) is 0 Å². The highest BCUT2D eigenvalue weighted by molar-refractivity contribution is 5.83. The van der Waals surface area contributed by atoms with Crippen molar-refractivity contribution in [1.29, 1.82) is 0 Å². The van der Waals surface area contributed by atoms with Gasteiger partial charge < -0.3 is 15.0 Å². The molecule has 0 aliphatic carbocycles. The molecule has 6 nitrogen and oxygen atoms in total. The molecule has 0 bridgehead atoms. The predicted molar refractivity (Wildman–Crippen MR) is 127 cm³/mol. The van der Waals surface area contributed by atoms with E-state index in [4.69, 9.17) is 4.74 Å². The Balaban J connectivity index is 1.49. The lowest BCUT2D eigenvalue weighted by Gasteiger charge is -2.36. The Morgan fingerprint density at radius 2 is 1.94 bits per heavy atom. The number of hydrogen-bond donors (Lipinski definition) is 1. The molecule has 0 fully saturated rings. The van der Waals surface area contributed by atoms with Gasteiger partial charge in [0.05, 0.1) is 17.9 Å². The molecular weight excluding hydrogens is 400 g/mol. The molecule has 2 aromatic carbocycles. The molecule has 0 saturated carbocycles. The second kappa shape index (κ2) is 9.90. The molecule has 1 N–H and O–H groups in total. The molecule has 168 valence electrons. The fourth-order valence-electron chi connectivity index (χ4n) is 4.18. The first-order valence-electron chi connectivity index (χ1n) is 11.4. The van der Waals surface area contributed by atoms with Gasteiger partial charge in [0.15, 0.2) is 6.10 Å². The first kappa shape index (κ1) is 21.9. The van der Waals surface area contributed by atoms with Gasteiger partial charge in [-0.3, -0.25) is 4.79 Å². The number of carbonyl (C=O) groups is 1. The third kappa shape index (κ3) is 5.13. The summed E-state index contributed by atoms with van der Waals surface area (Å²) in [6.45, 7) is 7.70. The first-order chi connectivity index (χ1) is 15.5. The van der Waals surface area contributed by atoms with Crippen LogP contribution in [0.15, 0.2) is 67.0 Å². The van der Waals surface area contributed by atoms with E-state index in [2.05, 4.69) is 66.4 Å². The van der Waals surface area contributed by atoms with Gasteiger partial charge in [-0.1, -0.05) is 45.0 Å². The number of anilines is 1. The normalized spacial score (nSPS) is 16.4. The monoisotopic (exact) mass is 432 g/mol. The molecular formula is C26H32N4O2. The Morgan fingerprint density at radius 3 is 2.62 bits per heavy atom. The molecule has 1 amide bonds. The summed E-state index contributed by atoms with van der Waals surface area (Å²) in [5.74, 6) is 1.25. The summed E-state index contributed by atoms with van der Waals surface area (Å²) in [5.41, 5.74) is 3.21. The topological polar surface area (TPSA) is 59.4 Å². The minimum Gasteiger partial charge on any atom is -0.477 e. The van der Waals surface area contributed by atoms with Crippen LogP contribution in [-0.4, -0.2) is 34.4 Å². The van der Waals surface area contributed by atoms with Crippen LogP contribution in [0.4, 0.5) is 5.69 Å². The minimum absolute atomic E-state index is 0.0361. The van der Waals surface area contributed by atoms with E-state index in [1.165, 1.54) is 5.56 Å². The van der Waals surface area contributed by atoms with Gasteiger partial charge in [-0.05, 0) is 54.7 Å². The van der Waals surface area contributed by atoms with Crippen molar-refractivity contribution in [1.82, 2.24) is 15.1 Å². The maximum atomic E-state index is 13.1. The van der Waals surface area contributed by atoms with Crippen LogP contribution >= 0.6 is 0 Å². The molecule has 1 aromatic heterocycles. The van der Waals surface area contributed by atoms with Crippen LogP contribution in [0.3, 0.4) is 0 Å². The van der Waals surface area contributed by atoms with Crippen molar-refractivity contribution in [3.8, 4) is 11.4 Å². The van der Waals surface area contributed by atoms with Crippen molar-refractivity contribution in [2.45, 2.75) is 52.3 Å². The minimum atomic E-state index is -0.533. The lowest BCUT2D eigenvalue weighted by Crippen LogP contribution is -2.51. The number of aromatic nitrogens is 2. The summed E-state index contributed by atoms with van der Waals surface area (Å²) in [6.07, 6.45) is 5.06. The van der Waals surface area contributed by atoms with E-state index in [9.17, 15) is 4.79 Å². The Kier molecular flexibility index (Phi) is 6.78. The molecule has 2 atom stereocenters. The van der Waals surface area contributed by atoms with Gasteiger partial charge in [-0.15, -0.1) is 0 Å². The van der Waals surface area contributed by atoms with Crippen molar-refractivity contribution in [3.05, 3.63) is 72.6 Å². The number of ether oxygens (including phenoxy) is 1. The second-order valence-electron chi connectivity index (χ2n) is 8.82. The number of para-hydroxylation sites is 2. The molecule has 32 heavy (non-hydrogen) atoms. The summed E-state index contributed by atoms with van der Waals surface area (Å²) in [7, 11) is 0. The van der Waals surface area contributed by atoms with E-state index < -0.39 is 6.10 Å². The summed E-state index contributed by atoms with van der Waals surface area (Å²) in [5, 5.41) is 7.49. The zero-order valence-corrected chi connectivity index (χ0v) is 19.1. The van der Waals surface area contributed by atoms with Crippen LogP contribution in [0.1, 0.15) is 39.2 Å². The van der Waals surface area contributed by atoms with Gasteiger partial charge in [-0.2, -0.15) is 5.10 Å². The van der Waals surface area contributed by atoms with Gasteiger partial charge in [0.2, 0.25) is 0 Å². The number of nitrogens with one attached hydrogen (secondary N) is 1. The number of benzene rings is 2. The quantitative estimate of drug-likeness (QED) is 0.566. The van der Waals surface area contributed by atoms with Gasteiger partial charge in [0.25, 0.3) is 5.91 Å². The smallest absolute Gasteiger partial charge is 0.263 e. The lowest BCUT2D eigenvalue weighted by molar-refractivity contribution is -0.128. The number of rotatable bonds is 8. The molecule has 0 radical (unpaired) electrons. The second-order valence-corrected chi connectivity index (χ2v) is 8.82. The van der Waals surface area contributed by atoms with E-state index in [1.807, 2.05) is 35.1 Å². The van der Waals surface area contributed by atoms with Gasteiger partial charge in [-0.25, -0.2) is 4.68 Å². The van der Waals surface area contributed by atoms with E-state index in [0.29, 0.717) is 19.0 Å². The van der Waals surface area contributed by atoms with Crippen molar-refractivity contribution >= 4 is 11.6 Å². The van der Waals surface area contributed by atoms with Crippen LogP contribution in [0.5, 0.6) is 5.75 Å². The zero-order valence-electron chi connectivity index (χ0n) is 19.1. The highest BCUT2D eigenvalue weighted by Gasteiger charge is 2.31. The van der Waals surface area contributed by atoms with E-state index >= 15 is 0 Å². The van der Waals surface area contributed by atoms with Crippen LogP contribution in [0.25, 0.3) is 5.69 Å². The summed E-state index contributed by atoms with van der Waals surface area (Å²) >= 11 is 0.